The minimum absolute atomic E-state index is 0.248. The summed E-state index contributed by atoms with van der Waals surface area (Å²) in [7, 11) is 0. The van der Waals surface area contributed by atoms with Crippen molar-refractivity contribution < 1.29 is 9.13 Å². The number of thiazole rings is 1. The van der Waals surface area contributed by atoms with Crippen molar-refractivity contribution in [3.8, 4) is 17.0 Å². The minimum Gasteiger partial charge on any atom is -0.489 e. The number of anilines is 1. The topological polar surface area (TPSA) is 48.1 Å². The maximum absolute atomic E-state index is 12.8. The van der Waals surface area contributed by atoms with E-state index >= 15 is 0 Å². The van der Waals surface area contributed by atoms with Gasteiger partial charge in [-0.1, -0.05) is 24.3 Å². The summed E-state index contributed by atoms with van der Waals surface area (Å²) in [5, 5.41) is 2.46. The van der Waals surface area contributed by atoms with Gasteiger partial charge in [-0.3, -0.25) is 0 Å². The summed E-state index contributed by atoms with van der Waals surface area (Å²) in [5.41, 5.74) is 8.36. The van der Waals surface area contributed by atoms with E-state index in [9.17, 15) is 4.39 Å². The molecule has 0 aliphatic rings. The molecule has 2 aromatic carbocycles. The molecule has 21 heavy (non-hydrogen) atoms. The zero-order valence-electron chi connectivity index (χ0n) is 11.1. The lowest BCUT2D eigenvalue weighted by atomic mass is 10.1. The highest BCUT2D eigenvalue weighted by Crippen LogP contribution is 2.26. The molecule has 0 fully saturated rings. The Morgan fingerprint density at radius 3 is 2.67 bits per heavy atom. The minimum atomic E-state index is -0.248. The van der Waals surface area contributed by atoms with Gasteiger partial charge in [-0.25, -0.2) is 9.37 Å². The van der Waals surface area contributed by atoms with Gasteiger partial charge in [-0.05, 0) is 29.8 Å². The molecule has 1 aromatic heterocycles. The van der Waals surface area contributed by atoms with Crippen molar-refractivity contribution in [3.63, 3.8) is 0 Å². The Hall–Kier alpha value is -2.40. The van der Waals surface area contributed by atoms with Gasteiger partial charge in [0.15, 0.2) is 5.13 Å². The molecule has 0 saturated heterocycles. The maximum Gasteiger partial charge on any atom is 0.180 e. The molecule has 0 aliphatic heterocycles. The third-order valence-electron chi connectivity index (χ3n) is 2.97. The lowest BCUT2D eigenvalue weighted by molar-refractivity contribution is 0.306. The Morgan fingerprint density at radius 1 is 1.14 bits per heavy atom. The summed E-state index contributed by atoms with van der Waals surface area (Å²) < 4.78 is 18.6. The van der Waals surface area contributed by atoms with Crippen LogP contribution in [0.2, 0.25) is 0 Å². The van der Waals surface area contributed by atoms with Crippen LogP contribution in [0.1, 0.15) is 5.56 Å². The molecule has 3 rings (SSSR count). The highest BCUT2D eigenvalue weighted by Gasteiger charge is 2.04. The molecule has 3 nitrogen and oxygen atoms in total. The summed E-state index contributed by atoms with van der Waals surface area (Å²) >= 11 is 1.41. The lowest BCUT2D eigenvalue weighted by Crippen LogP contribution is -1.95. The van der Waals surface area contributed by atoms with E-state index in [-0.39, 0.29) is 5.82 Å². The predicted molar refractivity (Wildman–Crippen MR) is 82.7 cm³/mol. The zero-order valence-corrected chi connectivity index (χ0v) is 11.9. The van der Waals surface area contributed by atoms with Crippen LogP contribution in [0.5, 0.6) is 5.75 Å². The SMILES string of the molecule is Nc1nc(-c2cccc(OCc3ccc(F)cc3)c2)cs1. The van der Waals surface area contributed by atoms with Gasteiger partial charge in [0.2, 0.25) is 0 Å². The molecule has 2 N–H and O–H groups in total. The molecule has 1 heterocycles. The first kappa shape index (κ1) is 13.6. The number of nitrogens with zero attached hydrogens (tertiary/aromatic N) is 1. The molecule has 5 heteroatoms. The third kappa shape index (κ3) is 3.38. The Bertz CT molecular complexity index is 740. The number of nitrogens with two attached hydrogens (primary N) is 1. The van der Waals surface area contributed by atoms with E-state index in [1.807, 2.05) is 29.6 Å². The average Bonchev–Trinajstić information content (AvgIpc) is 2.94. The number of rotatable bonds is 4. The summed E-state index contributed by atoms with van der Waals surface area (Å²) in [4.78, 5) is 4.25. The molecule has 0 atom stereocenters. The van der Waals surface area contributed by atoms with E-state index in [0.29, 0.717) is 11.7 Å². The molecule has 0 aliphatic carbocycles. The Morgan fingerprint density at radius 2 is 1.95 bits per heavy atom. The van der Waals surface area contributed by atoms with E-state index < -0.39 is 0 Å². The number of hydrogen-bond donors (Lipinski definition) is 1. The van der Waals surface area contributed by atoms with Crippen LogP contribution in [0.15, 0.2) is 53.9 Å². The van der Waals surface area contributed by atoms with Crippen molar-refractivity contribution in [1.29, 1.82) is 0 Å². The van der Waals surface area contributed by atoms with Crippen molar-refractivity contribution in [2.45, 2.75) is 6.61 Å². The quantitative estimate of drug-likeness (QED) is 0.788. The maximum atomic E-state index is 12.8. The van der Waals surface area contributed by atoms with E-state index in [1.54, 1.807) is 12.1 Å². The average molecular weight is 300 g/mol. The van der Waals surface area contributed by atoms with Gasteiger partial charge in [0.1, 0.15) is 18.2 Å². The normalized spacial score (nSPS) is 10.5. The van der Waals surface area contributed by atoms with Crippen molar-refractivity contribution in [1.82, 2.24) is 4.98 Å². The number of halogens is 1. The molecule has 0 radical (unpaired) electrons. The smallest absolute Gasteiger partial charge is 0.180 e. The predicted octanol–water partition coefficient (Wildman–Crippen LogP) is 4.11. The Balaban J connectivity index is 1.73. The van der Waals surface area contributed by atoms with Crippen LogP contribution >= 0.6 is 11.3 Å². The number of nitrogen functional groups attached to an aromatic ring is 1. The fourth-order valence-corrected chi connectivity index (χ4v) is 2.48. The largest absolute Gasteiger partial charge is 0.489 e. The van der Waals surface area contributed by atoms with Crippen LogP contribution in [-0.2, 0) is 6.61 Å². The first-order valence-corrected chi connectivity index (χ1v) is 7.27. The zero-order chi connectivity index (χ0) is 14.7. The van der Waals surface area contributed by atoms with Gasteiger partial charge in [0, 0.05) is 10.9 Å². The number of ether oxygens (including phenoxy) is 1. The second-order valence-corrected chi connectivity index (χ2v) is 5.40. The van der Waals surface area contributed by atoms with Crippen molar-refractivity contribution in [3.05, 3.63) is 65.3 Å². The first-order valence-electron chi connectivity index (χ1n) is 6.39. The fourth-order valence-electron chi connectivity index (χ4n) is 1.91. The second kappa shape index (κ2) is 5.93. The number of hydrogen-bond acceptors (Lipinski definition) is 4. The van der Waals surface area contributed by atoms with Gasteiger partial charge < -0.3 is 10.5 Å². The summed E-state index contributed by atoms with van der Waals surface area (Å²) in [6.07, 6.45) is 0. The van der Waals surface area contributed by atoms with Gasteiger partial charge in [0.25, 0.3) is 0 Å². The van der Waals surface area contributed by atoms with Gasteiger partial charge in [0.05, 0.1) is 5.69 Å². The van der Waals surface area contributed by atoms with Crippen molar-refractivity contribution in [2.75, 3.05) is 5.73 Å². The fraction of sp³-hybridized carbons (Fsp3) is 0.0625. The molecule has 0 spiro atoms. The van der Waals surface area contributed by atoms with Gasteiger partial charge in [-0.15, -0.1) is 11.3 Å². The van der Waals surface area contributed by atoms with E-state index in [4.69, 9.17) is 10.5 Å². The summed E-state index contributed by atoms with van der Waals surface area (Å²) in [6.45, 7) is 0.392. The van der Waals surface area contributed by atoms with Crippen LogP contribution in [0.25, 0.3) is 11.3 Å². The summed E-state index contributed by atoms with van der Waals surface area (Å²) in [5.74, 6) is 0.491. The first-order chi connectivity index (χ1) is 10.2. The van der Waals surface area contributed by atoms with Crippen molar-refractivity contribution >= 4 is 16.5 Å². The van der Waals surface area contributed by atoms with E-state index in [2.05, 4.69) is 4.98 Å². The molecule has 3 aromatic rings. The van der Waals surface area contributed by atoms with Crippen LogP contribution < -0.4 is 10.5 Å². The molecule has 0 amide bonds. The lowest BCUT2D eigenvalue weighted by Gasteiger charge is -2.07. The molecule has 0 unspecified atom stereocenters. The van der Waals surface area contributed by atoms with Gasteiger partial charge in [-0.2, -0.15) is 0 Å². The van der Waals surface area contributed by atoms with Crippen LogP contribution in [0.4, 0.5) is 9.52 Å². The van der Waals surface area contributed by atoms with E-state index in [1.165, 1.54) is 23.5 Å². The Labute approximate surface area is 125 Å². The van der Waals surface area contributed by atoms with E-state index in [0.717, 1.165) is 22.6 Å². The second-order valence-electron chi connectivity index (χ2n) is 4.51. The third-order valence-corrected chi connectivity index (χ3v) is 3.64. The molecular formula is C16H13FN2OS. The van der Waals surface area contributed by atoms with Crippen LogP contribution in [0.3, 0.4) is 0 Å². The van der Waals surface area contributed by atoms with Crippen LogP contribution in [-0.4, -0.2) is 4.98 Å². The van der Waals surface area contributed by atoms with Gasteiger partial charge >= 0.3 is 0 Å². The standard InChI is InChI=1S/C16H13FN2OS/c17-13-6-4-11(5-7-13)9-20-14-3-1-2-12(8-14)15-10-21-16(18)19-15/h1-8,10H,9H2,(H2,18,19). The molecule has 0 bridgehead atoms. The summed E-state index contributed by atoms with van der Waals surface area (Å²) in [6, 6.07) is 13.9. The van der Waals surface area contributed by atoms with Crippen molar-refractivity contribution in [2.24, 2.45) is 0 Å². The molecule has 0 saturated carbocycles. The number of aromatic nitrogens is 1. The highest BCUT2D eigenvalue weighted by atomic mass is 32.1. The monoisotopic (exact) mass is 300 g/mol. The van der Waals surface area contributed by atoms with Crippen LogP contribution in [0, 0.1) is 5.82 Å². The Kier molecular flexibility index (Phi) is 3.83. The number of benzene rings is 2. The molecule has 106 valence electrons. The molecular weight excluding hydrogens is 287 g/mol. The highest BCUT2D eigenvalue weighted by molar-refractivity contribution is 7.13.